The van der Waals surface area contributed by atoms with Gasteiger partial charge in [-0.1, -0.05) is 31.8 Å². The standard InChI is InChI=1S/C13H24OSi/c1-15(2,3)10-4-5-12-6-8-13(11-14)9-7-12/h4-5,11-13H,6-10H2,1-3H3/b5-4-. The highest BCUT2D eigenvalue weighted by Gasteiger charge is 2.18. The van der Waals surface area contributed by atoms with E-state index in [1.54, 1.807) is 0 Å². The summed E-state index contributed by atoms with van der Waals surface area (Å²) in [6.45, 7) is 7.21. The molecule has 0 radical (unpaired) electrons. The average molecular weight is 224 g/mol. The van der Waals surface area contributed by atoms with Gasteiger partial charge in [0.25, 0.3) is 0 Å². The van der Waals surface area contributed by atoms with Crippen molar-refractivity contribution >= 4 is 14.4 Å². The summed E-state index contributed by atoms with van der Waals surface area (Å²) in [5.74, 6) is 1.10. The van der Waals surface area contributed by atoms with Gasteiger partial charge in [0, 0.05) is 14.0 Å². The molecule has 0 aliphatic heterocycles. The number of hydrogen-bond acceptors (Lipinski definition) is 1. The van der Waals surface area contributed by atoms with Crippen molar-refractivity contribution < 1.29 is 4.79 Å². The molecule has 0 aromatic carbocycles. The number of allylic oxidation sites excluding steroid dienone is 2. The second kappa shape index (κ2) is 5.64. The van der Waals surface area contributed by atoms with Gasteiger partial charge in [-0.2, -0.15) is 0 Å². The third-order valence-electron chi connectivity index (χ3n) is 3.15. The first kappa shape index (κ1) is 12.7. The molecule has 0 bridgehead atoms. The number of rotatable bonds is 4. The lowest BCUT2D eigenvalue weighted by Crippen LogP contribution is -2.18. The van der Waals surface area contributed by atoms with E-state index in [1.165, 1.54) is 18.9 Å². The van der Waals surface area contributed by atoms with Crippen LogP contribution in [-0.2, 0) is 4.79 Å². The van der Waals surface area contributed by atoms with Crippen LogP contribution in [0.2, 0.25) is 25.7 Å². The minimum atomic E-state index is -0.905. The van der Waals surface area contributed by atoms with E-state index >= 15 is 0 Å². The largest absolute Gasteiger partial charge is 0.303 e. The second-order valence-electron chi connectivity index (χ2n) is 6.00. The maximum absolute atomic E-state index is 10.6. The molecule has 0 spiro atoms. The minimum absolute atomic E-state index is 0.353. The molecule has 0 aromatic heterocycles. The number of carbonyl (C=O) groups is 1. The van der Waals surface area contributed by atoms with E-state index in [-0.39, 0.29) is 0 Å². The maximum atomic E-state index is 10.6. The van der Waals surface area contributed by atoms with Crippen LogP contribution in [0.3, 0.4) is 0 Å². The summed E-state index contributed by atoms with van der Waals surface area (Å²) in [6.07, 6.45) is 10.6. The minimum Gasteiger partial charge on any atom is -0.303 e. The highest BCUT2D eigenvalue weighted by molar-refractivity contribution is 6.76. The predicted octanol–water partition coefficient (Wildman–Crippen LogP) is 3.89. The molecule has 0 unspecified atom stereocenters. The van der Waals surface area contributed by atoms with Crippen molar-refractivity contribution in [1.29, 1.82) is 0 Å². The normalized spacial score (nSPS) is 28.2. The van der Waals surface area contributed by atoms with Gasteiger partial charge in [-0.05, 0) is 37.6 Å². The molecule has 0 saturated heterocycles. The molecular formula is C13H24OSi. The third kappa shape index (κ3) is 5.31. The number of hydrogen-bond donors (Lipinski definition) is 0. The predicted molar refractivity (Wildman–Crippen MR) is 68.8 cm³/mol. The zero-order valence-electron chi connectivity index (χ0n) is 10.3. The quantitative estimate of drug-likeness (QED) is 0.402. The van der Waals surface area contributed by atoms with E-state index in [1.807, 2.05) is 0 Å². The summed E-state index contributed by atoms with van der Waals surface area (Å²) < 4.78 is 0. The van der Waals surface area contributed by atoms with Gasteiger partial charge in [-0.15, -0.1) is 0 Å². The molecule has 1 rings (SSSR count). The van der Waals surface area contributed by atoms with Gasteiger partial charge in [-0.25, -0.2) is 0 Å². The molecule has 86 valence electrons. The van der Waals surface area contributed by atoms with Gasteiger partial charge in [0.15, 0.2) is 0 Å². The molecule has 1 aliphatic rings. The fraction of sp³-hybridized carbons (Fsp3) is 0.769. The number of carbonyl (C=O) groups excluding carboxylic acids is 1. The van der Waals surface area contributed by atoms with Gasteiger partial charge in [-0.3, -0.25) is 0 Å². The molecule has 0 N–H and O–H groups in total. The molecule has 1 nitrogen and oxygen atoms in total. The summed E-state index contributed by atoms with van der Waals surface area (Å²) in [7, 11) is -0.905. The Balaban J connectivity index is 2.26. The smallest absolute Gasteiger partial charge is 0.123 e. The monoisotopic (exact) mass is 224 g/mol. The van der Waals surface area contributed by atoms with Crippen LogP contribution >= 0.6 is 0 Å². The lowest BCUT2D eigenvalue weighted by atomic mass is 9.83. The highest BCUT2D eigenvalue weighted by atomic mass is 28.3. The van der Waals surface area contributed by atoms with Crippen molar-refractivity contribution in [3.8, 4) is 0 Å². The van der Waals surface area contributed by atoms with E-state index in [0.717, 1.165) is 25.0 Å². The maximum Gasteiger partial charge on any atom is 0.123 e. The van der Waals surface area contributed by atoms with Crippen LogP contribution in [0.4, 0.5) is 0 Å². The van der Waals surface area contributed by atoms with Crippen molar-refractivity contribution in [2.24, 2.45) is 11.8 Å². The Hall–Kier alpha value is -0.373. The van der Waals surface area contributed by atoms with Crippen LogP contribution in [0, 0.1) is 11.8 Å². The third-order valence-corrected chi connectivity index (χ3v) is 4.61. The molecule has 1 saturated carbocycles. The first-order valence-corrected chi connectivity index (χ1v) is 9.84. The molecule has 0 atom stereocenters. The summed E-state index contributed by atoms with van der Waals surface area (Å²) in [6, 6.07) is 1.29. The van der Waals surface area contributed by atoms with Crippen LogP contribution in [0.5, 0.6) is 0 Å². The van der Waals surface area contributed by atoms with Crippen LogP contribution in [0.1, 0.15) is 25.7 Å². The molecule has 0 amide bonds. The molecule has 0 aromatic rings. The summed E-state index contributed by atoms with van der Waals surface area (Å²) >= 11 is 0. The lowest BCUT2D eigenvalue weighted by molar-refractivity contribution is -0.112. The van der Waals surface area contributed by atoms with Crippen molar-refractivity contribution in [2.75, 3.05) is 0 Å². The molecule has 0 heterocycles. The summed E-state index contributed by atoms with van der Waals surface area (Å²) in [5, 5.41) is 0. The van der Waals surface area contributed by atoms with Crippen LogP contribution < -0.4 is 0 Å². The molecule has 1 aliphatic carbocycles. The first-order chi connectivity index (χ1) is 7.01. The fourth-order valence-corrected chi connectivity index (χ4v) is 2.93. The SMILES string of the molecule is C[Si](C)(C)C/C=C\C1CCC(C=O)CC1. The first-order valence-electron chi connectivity index (χ1n) is 6.13. The average Bonchev–Trinajstić information content (AvgIpc) is 2.17. The zero-order chi connectivity index (χ0) is 11.3. The van der Waals surface area contributed by atoms with Gasteiger partial charge >= 0.3 is 0 Å². The molecule has 1 fully saturated rings. The topological polar surface area (TPSA) is 17.1 Å². The van der Waals surface area contributed by atoms with E-state index in [2.05, 4.69) is 31.8 Å². The van der Waals surface area contributed by atoms with Gasteiger partial charge in [0.1, 0.15) is 6.29 Å². The summed E-state index contributed by atoms with van der Waals surface area (Å²) in [4.78, 5) is 10.6. The summed E-state index contributed by atoms with van der Waals surface area (Å²) in [5.41, 5.74) is 0. The molecule has 2 heteroatoms. The molecule has 15 heavy (non-hydrogen) atoms. The van der Waals surface area contributed by atoms with Gasteiger partial charge < -0.3 is 4.79 Å². The van der Waals surface area contributed by atoms with Gasteiger partial charge in [0.05, 0.1) is 0 Å². The van der Waals surface area contributed by atoms with Crippen molar-refractivity contribution in [2.45, 2.75) is 51.4 Å². The van der Waals surface area contributed by atoms with E-state index < -0.39 is 8.07 Å². The van der Waals surface area contributed by atoms with E-state index in [4.69, 9.17) is 0 Å². The second-order valence-corrected chi connectivity index (χ2v) is 11.5. The van der Waals surface area contributed by atoms with E-state index in [9.17, 15) is 4.79 Å². The Bertz CT molecular complexity index is 219. The van der Waals surface area contributed by atoms with Gasteiger partial charge in [0.2, 0.25) is 0 Å². The lowest BCUT2D eigenvalue weighted by Gasteiger charge is -2.23. The zero-order valence-corrected chi connectivity index (χ0v) is 11.3. The van der Waals surface area contributed by atoms with Crippen LogP contribution in [-0.4, -0.2) is 14.4 Å². The molecular weight excluding hydrogens is 200 g/mol. The van der Waals surface area contributed by atoms with Crippen LogP contribution in [0.25, 0.3) is 0 Å². The Morgan fingerprint density at radius 3 is 2.07 bits per heavy atom. The Labute approximate surface area is 95.0 Å². The highest BCUT2D eigenvalue weighted by Crippen LogP contribution is 2.28. The van der Waals surface area contributed by atoms with Crippen molar-refractivity contribution in [1.82, 2.24) is 0 Å². The number of aldehydes is 1. The van der Waals surface area contributed by atoms with Crippen LogP contribution in [0.15, 0.2) is 12.2 Å². The Morgan fingerprint density at radius 1 is 1.07 bits per heavy atom. The van der Waals surface area contributed by atoms with Crippen molar-refractivity contribution in [3.05, 3.63) is 12.2 Å². The Kier molecular flexibility index (Phi) is 4.77. The Morgan fingerprint density at radius 2 is 1.60 bits per heavy atom. The van der Waals surface area contributed by atoms with Crippen molar-refractivity contribution in [3.63, 3.8) is 0 Å². The fourth-order valence-electron chi connectivity index (χ4n) is 2.09. The van der Waals surface area contributed by atoms with E-state index in [0.29, 0.717) is 5.92 Å².